The number of carbonyl (C=O) groups excluding carboxylic acids is 1. The number of benzene rings is 2. The molecule has 1 atom stereocenters. The highest BCUT2D eigenvalue weighted by Gasteiger charge is 2.20. The molecular formula is C22H28N2O2. The predicted octanol–water partition coefficient (Wildman–Crippen LogP) is 3.49. The molecule has 138 valence electrons. The van der Waals surface area contributed by atoms with Crippen molar-refractivity contribution in [2.75, 3.05) is 20.2 Å². The summed E-state index contributed by atoms with van der Waals surface area (Å²) in [5.41, 5.74) is 5.07. The van der Waals surface area contributed by atoms with Crippen LogP contribution in [0.15, 0.2) is 42.5 Å². The van der Waals surface area contributed by atoms with Gasteiger partial charge in [0.05, 0.1) is 19.7 Å². The molecule has 0 aliphatic carbocycles. The lowest BCUT2D eigenvalue weighted by Crippen LogP contribution is -2.40. The van der Waals surface area contributed by atoms with Crippen molar-refractivity contribution in [3.8, 4) is 5.75 Å². The zero-order valence-electron chi connectivity index (χ0n) is 15.9. The first-order valence-electron chi connectivity index (χ1n) is 9.35. The van der Waals surface area contributed by atoms with Crippen molar-refractivity contribution < 1.29 is 9.53 Å². The van der Waals surface area contributed by atoms with E-state index in [1.807, 2.05) is 13.0 Å². The molecule has 2 aromatic carbocycles. The topological polar surface area (TPSA) is 41.6 Å². The molecule has 1 unspecified atom stereocenters. The molecule has 0 radical (unpaired) electrons. The fourth-order valence-electron chi connectivity index (χ4n) is 3.47. The Hall–Kier alpha value is -2.33. The van der Waals surface area contributed by atoms with Gasteiger partial charge < -0.3 is 10.1 Å². The van der Waals surface area contributed by atoms with Crippen LogP contribution >= 0.6 is 0 Å². The van der Waals surface area contributed by atoms with Crippen LogP contribution in [0, 0.1) is 0 Å². The number of nitrogens with zero attached hydrogens (tertiary/aromatic N) is 1. The number of carbonyl (C=O) groups is 1. The highest BCUT2D eigenvalue weighted by atomic mass is 16.5. The molecule has 3 rings (SSSR count). The summed E-state index contributed by atoms with van der Waals surface area (Å²) in [4.78, 5) is 14.7. The highest BCUT2D eigenvalue weighted by Crippen LogP contribution is 2.23. The lowest BCUT2D eigenvalue weighted by molar-refractivity contribution is -0.123. The third kappa shape index (κ3) is 4.44. The zero-order chi connectivity index (χ0) is 18.5. The molecule has 1 aliphatic rings. The van der Waals surface area contributed by atoms with Gasteiger partial charge >= 0.3 is 0 Å². The molecule has 0 fully saturated rings. The van der Waals surface area contributed by atoms with E-state index in [9.17, 15) is 4.79 Å². The number of amides is 1. The number of hydrogen-bond acceptors (Lipinski definition) is 3. The maximum atomic E-state index is 12.5. The summed E-state index contributed by atoms with van der Waals surface area (Å²) in [6.45, 7) is 6.31. The maximum Gasteiger partial charge on any atom is 0.234 e. The molecule has 1 amide bonds. The van der Waals surface area contributed by atoms with Crippen LogP contribution in [0.1, 0.15) is 42.1 Å². The van der Waals surface area contributed by atoms with Crippen molar-refractivity contribution in [1.82, 2.24) is 10.2 Å². The molecule has 1 heterocycles. The van der Waals surface area contributed by atoms with Gasteiger partial charge in [-0.25, -0.2) is 0 Å². The van der Waals surface area contributed by atoms with Crippen LogP contribution in [-0.4, -0.2) is 31.0 Å². The van der Waals surface area contributed by atoms with Gasteiger partial charge in [-0.15, -0.1) is 0 Å². The van der Waals surface area contributed by atoms with E-state index in [4.69, 9.17) is 4.74 Å². The Morgan fingerprint density at radius 2 is 1.96 bits per heavy atom. The molecule has 0 aromatic heterocycles. The largest absolute Gasteiger partial charge is 0.497 e. The van der Waals surface area contributed by atoms with Crippen molar-refractivity contribution in [2.24, 2.45) is 0 Å². The summed E-state index contributed by atoms with van der Waals surface area (Å²) in [6.07, 6.45) is 2.00. The molecule has 0 spiro atoms. The molecule has 0 bridgehead atoms. The number of fused-ring (bicyclic) bond motifs is 1. The summed E-state index contributed by atoms with van der Waals surface area (Å²) < 4.78 is 5.32. The Morgan fingerprint density at radius 3 is 2.65 bits per heavy atom. The lowest BCUT2D eigenvalue weighted by Gasteiger charge is -2.29. The van der Waals surface area contributed by atoms with Gasteiger partial charge in [0, 0.05) is 13.1 Å². The minimum absolute atomic E-state index is 0.0191. The zero-order valence-corrected chi connectivity index (χ0v) is 15.9. The van der Waals surface area contributed by atoms with Crippen LogP contribution in [0.2, 0.25) is 0 Å². The van der Waals surface area contributed by atoms with Crippen LogP contribution in [0.5, 0.6) is 5.75 Å². The van der Waals surface area contributed by atoms with Crippen molar-refractivity contribution >= 4 is 5.91 Å². The van der Waals surface area contributed by atoms with E-state index < -0.39 is 0 Å². The molecule has 4 heteroatoms. The standard InChI is InChI=1S/C22H28N2O2/c1-4-17-5-7-18(8-6-17)16(2)23-22(25)15-24-12-11-19-9-10-21(26-3)13-20(19)14-24/h5-10,13,16H,4,11-12,14-15H2,1-3H3,(H,23,25). The van der Waals surface area contributed by atoms with Gasteiger partial charge in [-0.3, -0.25) is 9.69 Å². The summed E-state index contributed by atoms with van der Waals surface area (Å²) in [6, 6.07) is 14.7. The highest BCUT2D eigenvalue weighted by molar-refractivity contribution is 5.78. The minimum atomic E-state index is 0.0191. The minimum Gasteiger partial charge on any atom is -0.497 e. The Kier molecular flexibility index (Phi) is 5.94. The normalized spacial score (nSPS) is 15.2. The van der Waals surface area contributed by atoms with Gasteiger partial charge in [0.2, 0.25) is 5.91 Å². The Bertz CT molecular complexity index is 755. The van der Waals surface area contributed by atoms with E-state index in [0.29, 0.717) is 6.54 Å². The third-order valence-electron chi connectivity index (χ3n) is 5.14. The molecule has 1 aliphatic heterocycles. The third-order valence-corrected chi connectivity index (χ3v) is 5.14. The molecule has 0 saturated heterocycles. The molecule has 2 aromatic rings. The maximum absolute atomic E-state index is 12.5. The quantitative estimate of drug-likeness (QED) is 0.865. The molecule has 26 heavy (non-hydrogen) atoms. The van der Waals surface area contributed by atoms with E-state index in [1.165, 1.54) is 16.7 Å². The molecule has 1 N–H and O–H groups in total. The molecular weight excluding hydrogens is 324 g/mol. The van der Waals surface area contributed by atoms with Gasteiger partial charge in [-0.1, -0.05) is 37.3 Å². The second-order valence-corrected chi connectivity index (χ2v) is 6.98. The summed E-state index contributed by atoms with van der Waals surface area (Å²) in [5, 5.41) is 3.12. The number of hydrogen-bond donors (Lipinski definition) is 1. The van der Waals surface area contributed by atoms with Crippen molar-refractivity contribution in [2.45, 2.75) is 39.3 Å². The van der Waals surface area contributed by atoms with Crippen LogP contribution in [-0.2, 0) is 24.2 Å². The van der Waals surface area contributed by atoms with Gasteiger partial charge in [0.1, 0.15) is 5.75 Å². The number of aryl methyl sites for hydroxylation is 1. The Labute approximate surface area is 156 Å². The number of methoxy groups -OCH3 is 1. The monoisotopic (exact) mass is 352 g/mol. The summed E-state index contributed by atoms with van der Waals surface area (Å²) in [7, 11) is 1.68. The summed E-state index contributed by atoms with van der Waals surface area (Å²) >= 11 is 0. The smallest absolute Gasteiger partial charge is 0.234 e. The predicted molar refractivity (Wildman–Crippen MR) is 104 cm³/mol. The van der Waals surface area contributed by atoms with Crippen LogP contribution in [0.3, 0.4) is 0 Å². The van der Waals surface area contributed by atoms with E-state index in [1.54, 1.807) is 7.11 Å². The van der Waals surface area contributed by atoms with E-state index in [2.05, 4.69) is 53.5 Å². The number of ether oxygens (including phenoxy) is 1. The van der Waals surface area contributed by atoms with Gasteiger partial charge in [-0.05, 0) is 54.2 Å². The number of nitrogens with one attached hydrogen (secondary N) is 1. The first kappa shape index (κ1) is 18.5. The summed E-state index contributed by atoms with van der Waals surface area (Å²) in [5.74, 6) is 0.947. The second-order valence-electron chi connectivity index (χ2n) is 6.98. The SMILES string of the molecule is CCc1ccc(C(C)NC(=O)CN2CCc3ccc(OC)cc3C2)cc1. The van der Waals surface area contributed by atoms with E-state index in [0.717, 1.165) is 37.2 Å². The van der Waals surface area contributed by atoms with Crippen molar-refractivity contribution in [3.63, 3.8) is 0 Å². The van der Waals surface area contributed by atoms with E-state index in [-0.39, 0.29) is 11.9 Å². The first-order valence-corrected chi connectivity index (χ1v) is 9.35. The fourth-order valence-corrected chi connectivity index (χ4v) is 3.47. The van der Waals surface area contributed by atoms with Crippen molar-refractivity contribution in [3.05, 3.63) is 64.7 Å². The van der Waals surface area contributed by atoms with Gasteiger partial charge in [-0.2, -0.15) is 0 Å². The average molecular weight is 352 g/mol. The average Bonchev–Trinajstić information content (AvgIpc) is 2.67. The van der Waals surface area contributed by atoms with E-state index >= 15 is 0 Å². The Balaban J connectivity index is 1.56. The van der Waals surface area contributed by atoms with Crippen molar-refractivity contribution in [1.29, 1.82) is 0 Å². The lowest BCUT2D eigenvalue weighted by atomic mass is 9.99. The molecule has 0 saturated carbocycles. The Morgan fingerprint density at radius 1 is 1.19 bits per heavy atom. The molecule has 4 nitrogen and oxygen atoms in total. The first-order chi connectivity index (χ1) is 12.6. The van der Waals surface area contributed by atoms with Crippen LogP contribution < -0.4 is 10.1 Å². The second kappa shape index (κ2) is 8.37. The van der Waals surface area contributed by atoms with Gasteiger partial charge in [0.15, 0.2) is 0 Å². The van der Waals surface area contributed by atoms with Gasteiger partial charge in [0.25, 0.3) is 0 Å². The van der Waals surface area contributed by atoms with Crippen LogP contribution in [0.4, 0.5) is 0 Å². The van der Waals surface area contributed by atoms with Crippen LogP contribution in [0.25, 0.3) is 0 Å². The number of rotatable bonds is 6. The fraction of sp³-hybridized carbons (Fsp3) is 0.409.